The van der Waals surface area contributed by atoms with Gasteiger partial charge in [-0.25, -0.2) is 4.79 Å². The highest BCUT2D eigenvalue weighted by molar-refractivity contribution is 5.69. The lowest BCUT2D eigenvalue weighted by molar-refractivity contribution is -0.138. The summed E-state index contributed by atoms with van der Waals surface area (Å²) in [4.78, 5) is 23.0. The molecular weight excluding hydrogens is 294 g/mol. The fourth-order valence-electron chi connectivity index (χ4n) is 3.29. The molecule has 1 aromatic rings. The van der Waals surface area contributed by atoms with E-state index in [1.165, 1.54) is 0 Å². The molecule has 0 bridgehead atoms. The zero-order chi connectivity index (χ0) is 16.7. The van der Waals surface area contributed by atoms with Crippen molar-refractivity contribution in [2.24, 2.45) is 11.8 Å². The first kappa shape index (κ1) is 17.3. The molecule has 0 heterocycles. The van der Waals surface area contributed by atoms with Gasteiger partial charge in [0, 0.05) is 6.04 Å². The van der Waals surface area contributed by atoms with E-state index in [9.17, 15) is 9.59 Å². The highest BCUT2D eigenvalue weighted by Crippen LogP contribution is 2.33. The third-order valence-electron chi connectivity index (χ3n) is 4.62. The minimum atomic E-state index is -0.809. The van der Waals surface area contributed by atoms with Crippen LogP contribution in [0.3, 0.4) is 0 Å². The Balaban J connectivity index is 1.85. The van der Waals surface area contributed by atoms with Gasteiger partial charge in [0.2, 0.25) is 0 Å². The maximum absolute atomic E-state index is 12.0. The first-order valence-electron chi connectivity index (χ1n) is 8.27. The maximum atomic E-state index is 12.0. The smallest absolute Gasteiger partial charge is 0.407 e. The summed E-state index contributed by atoms with van der Waals surface area (Å²) in [5.74, 6) is -0.274. The number of rotatable bonds is 6. The first-order chi connectivity index (χ1) is 11.1. The Morgan fingerprint density at radius 3 is 2.65 bits per heavy atom. The fraction of sp³-hybridized carbons (Fsp3) is 0.556. The van der Waals surface area contributed by atoms with Crippen LogP contribution in [0.4, 0.5) is 4.79 Å². The summed E-state index contributed by atoms with van der Waals surface area (Å²) in [5.41, 5.74) is 0.930. The summed E-state index contributed by atoms with van der Waals surface area (Å²) >= 11 is 0. The van der Waals surface area contributed by atoms with Crippen molar-refractivity contribution in [3.05, 3.63) is 35.9 Å². The molecule has 0 aliphatic heterocycles. The maximum Gasteiger partial charge on any atom is 0.407 e. The van der Waals surface area contributed by atoms with Crippen molar-refractivity contribution < 1.29 is 19.4 Å². The van der Waals surface area contributed by atoms with Gasteiger partial charge in [-0.2, -0.15) is 0 Å². The molecule has 0 radical (unpaired) electrons. The number of carbonyl (C=O) groups excluding carboxylic acids is 1. The van der Waals surface area contributed by atoms with Crippen molar-refractivity contribution in [3.8, 4) is 0 Å². The molecule has 1 amide bonds. The second-order valence-electron chi connectivity index (χ2n) is 6.26. The van der Waals surface area contributed by atoms with Crippen molar-refractivity contribution >= 4 is 12.1 Å². The molecule has 3 atom stereocenters. The van der Waals surface area contributed by atoms with Gasteiger partial charge < -0.3 is 15.2 Å². The number of amides is 1. The molecule has 3 unspecified atom stereocenters. The number of aliphatic carboxylic acids is 1. The third kappa shape index (κ3) is 5.58. The summed E-state index contributed by atoms with van der Waals surface area (Å²) in [6.07, 6.45) is 3.38. The summed E-state index contributed by atoms with van der Waals surface area (Å²) in [5, 5.41) is 11.9. The monoisotopic (exact) mass is 319 g/mol. The van der Waals surface area contributed by atoms with Crippen LogP contribution in [0.25, 0.3) is 0 Å². The van der Waals surface area contributed by atoms with E-state index in [1.54, 1.807) is 0 Å². The van der Waals surface area contributed by atoms with Crippen LogP contribution in [0.5, 0.6) is 0 Å². The molecule has 23 heavy (non-hydrogen) atoms. The fourth-order valence-corrected chi connectivity index (χ4v) is 3.29. The lowest BCUT2D eigenvalue weighted by atomic mass is 9.75. The molecular formula is C18H25NO4. The van der Waals surface area contributed by atoms with E-state index < -0.39 is 12.1 Å². The largest absolute Gasteiger partial charge is 0.481 e. The number of carbonyl (C=O) groups is 2. The number of carboxylic acid groups (broad SMARTS) is 1. The Hall–Kier alpha value is -2.04. The van der Waals surface area contributed by atoms with Gasteiger partial charge in [-0.05, 0) is 36.7 Å². The standard InChI is InChI=1S/C18H25NO4/c1-2-13-8-9-16(15(10-13)11-17(20)21)19-18(22)23-12-14-6-4-3-5-7-14/h3-7,13,15-16H,2,8-12H2,1H3,(H,19,22)(H,20,21). The van der Waals surface area contributed by atoms with E-state index in [-0.39, 0.29) is 25.0 Å². The normalized spacial score (nSPS) is 24.0. The highest BCUT2D eigenvalue weighted by Gasteiger charge is 2.32. The number of ether oxygens (including phenoxy) is 1. The van der Waals surface area contributed by atoms with Gasteiger partial charge in [0.25, 0.3) is 0 Å². The topological polar surface area (TPSA) is 75.6 Å². The van der Waals surface area contributed by atoms with Crippen LogP contribution < -0.4 is 5.32 Å². The van der Waals surface area contributed by atoms with Crippen LogP contribution in [0.15, 0.2) is 30.3 Å². The summed E-state index contributed by atoms with van der Waals surface area (Å²) in [6, 6.07) is 9.38. The minimum absolute atomic E-state index is 0.0181. The summed E-state index contributed by atoms with van der Waals surface area (Å²) < 4.78 is 5.24. The molecule has 2 N–H and O–H groups in total. The van der Waals surface area contributed by atoms with Gasteiger partial charge in [0.05, 0.1) is 6.42 Å². The number of nitrogens with one attached hydrogen (secondary N) is 1. The lowest BCUT2D eigenvalue weighted by Gasteiger charge is -2.35. The van der Waals surface area contributed by atoms with Crippen molar-refractivity contribution in [3.63, 3.8) is 0 Å². The Bertz CT molecular complexity index is 517. The number of alkyl carbamates (subject to hydrolysis) is 1. The zero-order valence-corrected chi connectivity index (χ0v) is 13.5. The molecule has 0 saturated heterocycles. The van der Waals surface area contributed by atoms with E-state index in [0.29, 0.717) is 5.92 Å². The van der Waals surface area contributed by atoms with Gasteiger partial charge in [0.1, 0.15) is 6.61 Å². The van der Waals surface area contributed by atoms with Gasteiger partial charge in [-0.15, -0.1) is 0 Å². The van der Waals surface area contributed by atoms with Crippen LogP contribution in [-0.2, 0) is 16.1 Å². The molecule has 5 nitrogen and oxygen atoms in total. The minimum Gasteiger partial charge on any atom is -0.481 e. The van der Waals surface area contributed by atoms with E-state index in [0.717, 1.165) is 31.2 Å². The SMILES string of the molecule is CCC1CCC(NC(=O)OCc2ccccc2)C(CC(=O)O)C1. The number of carboxylic acids is 1. The van der Waals surface area contributed by atoms with Gasteiger partial charge in [-0.3, -0.25) is 4.79 Å². The Morgan fingerprint density at radius 2 is 2.00 bits per heavy atom. The van der Waals surface area contributed by atoms with Gasteiger partial charge in [-0.1, -0.05) is 43.7 Å². The first-order valence-corrected chi connectivity index (χ1v) is 8.27. The summed E-state index contributed by atoms with van der Waals surface area (Å²) in [6.45, 7) is 2.35. The molecule has 1 aromatic carbocycles. The van der Waals surface area contributed by atoms with Crippen molar-refractivity contribution in [1.82, 2.24) is 5.32 Å². The Morgan fingerprint density at radius 1 is 1.26 bits per heavy atom. The molecule has 2 rings (SSSR count). The number of benzene rings is 1. The summed E-state index contributed by atoms with van der Waals surface area (Å²) in [7, 11) is 0. The number of hydrogen-bond donors (Lipinski definition) is 2. The van der Waals surface area contributed by atoms with Gasteiger partial charge in [0.15, 0.2) is 0 Å². The third-order valence-corrected chi connectivity index (χ3v) is 4.62. The molecule has 1 fully saturated rings. The molecule has 1 aliphatic carbocycles. The Kier molecular flexibility index (Phi) is 6.44. The average Bonchev–Trinajstić information content (AvgIpc) is 2.55. The highest BCUT2D eigenvalue weighted by atomic mass is 16.5. The van der Waals surface area contributed by atoms with E-state index in [2.05, 4.69) is 12.2 Å². The molecule has 1 aliphatic rings. The van der Waals surface area contributed by atoms with Crippen LogP contribution >= 0.6 is 0 Å². The van der Waals surface area contributed by atoms with Crippen molar-refractivity contribution in [1.29, 1.82) is 0 Å². The van der Waals surface area contributed by atoms with Crippen molar-refractivity contribution in [2.75, 3.05) is 0 Å². The molecule has 126 valence electrons. The molecule has 0 aromatic heterocycles. The van der Waals surface area contributed by atoms with E-state index in [1.807, 2.05) is 30.3 Å². The van der Waals surface area contributed by atoms with Crippen LogP contribution in [-0.4, -0.2) is 23.2 Å². The second kappa shape index (κ2) is 8.56. The predicted molar refractivity (Wildman–Crippen MR) is 86.9 cm³/mol. The molecule has 1 saturated carbocycles. The van der Waals surface area contributed by atoms with Crippen LogP contribution in [0, 0.1) is 11.8 Å². The van der Waals surface area contributed by atoms with E-state index >= 15 is 0 Å². The zero-order valence-electron chi connectivity index (χ0n) is 13.5. The van der Waals surface area contributed by atoms with Crippen LogP contribution in [0.1, 0.15) is 44.6 Å². The average molecular weight is 319 g/mol. The van der Waals surface area contributed by atoms with Gasteiger partial charge >= 0.3 is 12.1 Å². The molecule has 0 spiro atoms. The lowest BCUT2D eigenvalue weighted by Crippen LogP contribution is -2.44. The van der Waals surface area contributed by atoms with Crippen molar-refractivity contribution in [2.45, 2.75) is 51.7 Å². The quantitative estimate of drug-likeness (QED) is 0.840. The second-order valence-corrected chi connectivity index (χ2v) is 6.26. The van der Waals surface area contributed by atoms with E-state index in [4.69, 9.17) is 9.84 Å². The molecule has 5 heteroatoms. The predicted octanol–water partition coefficient (Wildman–Crippen LogP) is 3.58. The Labute approximate surface area is 137 Å². The van der Waals surface area contributed by atoms with Crippen LogP contribution in [0.2, 0.25) is 0 Å². The number of hydrogen-bond acceptors (Lipinski definition) is 3.